The fraction of sp³-hybridized carbons (Fsp3) is 0.588. The molecule has 28 heavy (non-hydrogen) atoms. The second-order valence-corrected chi connectivity index (χ2v) is 10.2. The summed E-state index contributed by atoms with van der Waals surface area (Å²) in [5.41, 5.74) is 0.535. The zero-order valence-corrected chi connectivity index (χ0v) is 16.8. The second-order valence-electron chi connectivity index (χ2n) is 7.52. The Kier molecular flexibility index (Phi) is 5.15. The summed E-state index contributed by atoms with van der Waals surface area (Å²) >= 11 is 1.42. The molecule has 152 valence electrons. The van der Waals surface area contributed by atoms with Crippen LogP contribution in [-0.4, -0.2) is 80.0 Å². The van der Waals surface area contributed by atoms with Crippen LogP contribution in [0.5, 0.6) is 0 Å². The van der Waals surface area contributed by atoms with Gasteiger partial charge in [0.15, 0.2) is 0 Å². The smallest absolute Gasteiger partial charge is 0.252 e. The van der Waals surface area contributed by atoms with Gasteiger partial charge in [0.05, 0.1) is 12.3 Å². The second kappa shape index (κ2) is 7.45. The lowest BCUT2D eigenvalue weighted by atomic mass is 10.00. The van der Waals surface area contributed by atoms with Gasteiger partial charge in [-0.05, 0) is 30.2 Å². The molecule has 0 aliphatic carbocycles. The van der Waals surface area contributed by atoms with Crippen LogP contribution < -0.4 is 10.0 Å². The van der Waals surface area contributed by atoms with Gasteiger partial charge >= 0.3 is 0 Å². The first kappa shape index (κ1) is 19.3. The summed E-state index contributed by atoms with van der Waals surface area (Å²) in [6, 6.07) is 0.901. The maximum Gasteiger partial charge on any atom is 0.252 e. The maximum absolute atomic E-state index is 12.7. The summed E-state index contributed by atoms with van der Waals surface area (Å²) in [4.78, 5) is 40.7. The molecule has 11 heteroatoms. The van der Waals surface area contributed by atoms with Gasteiger partial charge in [-0.1, -0.05) is 0 Å². The van der Waals surface area contributed by atoms with Crippen LogP contribution in [-0.2, 0) is 19.6 Å². The number of nitrogens with one attached hydrogen (secondary N) is 2. The van der Waals surface area contributed by atoms with Gasteiger partial charge in [0.25, 0.3) is 5.91 Å². The van der Waals surface area contributed by atoms with Gasteiger partial charge in [-0.25, -0.2) is 13.1 Å². The van der Waals surface area contributed by atoms with Crippen LogP contribution in [0.2, 0.25) is 0 Å². The molecular weight excluding hydrogens is 404 g/mol. The first-order chi connectivity index (χ1) is 13.3. The number of piperidine rings is 1. The molecule has 3 unspecified atom stereocenters. The van der Waals surface area contributed by atoms with Gasteiger partial charge in [0.1, 0.15) is 6.04 Å². The Morgan fingerprint density at radius 2 is 2.07 bits per heavy atom. The number of nitrogens with zero attached hydrogens (tertiary/aromatic N) is 2. The van der Waals surface area contributed by atoms with E-state index >= 15 is 0 Å². The third-order valence-corrected chi connectivity index (χ3v) is 7.63. The van der Waals surface area contributed by atoms with Crippen molar-refractivity contribution in [2.24, 2.45) is 5.92 Å². The van der Waals surface area contributed by atoms with Gasteiger partial charge in [-0.3, -0.25) is 14.4 Å². The predicted molar refractivity (Wildman–Crippen MR) is 102 cm³/mol. The molecule has 0 radical (unpaired) electrons. The number of sulfonamides is 1. The molecule has 3 atom stereocenters. The minimum absolute atomic E-state index is 0.0280. The van der Waals surface area contributed by atoms with Gasteiger partial charge in [0.2, 0.25) is 21.8 Å². The first-order valence-electron chi connectivity index (χ1n) is 9.21. The van der Waals surface area contributed by atoms with E-state index in [4.69, 9.17) is 0 Å². The van der Waals surface area contributed by atoms with Crippen molar-refractivity contribution < 1.29 is 22.8 Å². The van der Waals surface area contributed by atoms with E-state index < -0.39 is 16.1 Å². The van der Waals surface area contributed by atoms with Crippen molar-refractivity contribution in [1.29, 1.82) is 0 Å². The standard InChI is InChI=1S/C17H22N4O5S2/c22-15(6-18-16(23)12-1-3-27-10-12)20-7-11-5-13(9-20)21(8-11)17(24)14-2-4-28(25,26)19-14/h1,3,10-11,13-14,19H,2,4-9H2,(H,18,23). The molecule has 3 amide bonds. The molecule has 3 saturated heterocycles. The Balaban J connectivity index is 1.33. The largest absolute Gasteiger partial charge is 0.343 e. The van der Waals surface area contributed by atoms with Crippen molar-refractivity contribution in [3.8, 4) is 0 Å². The molecule has 3 aliphatic heterocycles. The molecule has 2 bridgehead atoms. The lowest BCUT2D eigenvalue weighted by Crippen LogP contribution is -2.51. The highest BCUT2D eigenvalue weighted by Gasteiger charge is 2.45. The van der Waals surface area contributed by atoms with Gasteiger partial charge in [-0.15, -0.1) is 0 Å². The Bertz CT molecular complexity index is 885. The van der Waals surface area contributed by atoms with Crippen molar-refractivity contribution in [1.82, 2.24) is 19.8 Å². The predicted octanol–water partition coefficient (Wildman–Crippen LogP) is -0.771. The molecule has 0 spiro atoms. The number of rotatable bonds is 4. The number of fused-ring (bicyclic) bond motifs is 2. The van der Waals surface area contributed by atoms with Crippen LogP contribution in [0.4, 0.5) is 0 Å². The average Bonchev–Trinajstić information content (AvgIpc) is 3.38. The van der Waals surface area contributed by atoms with Crippen LogP contribution in [0.1, 0.15) is 23.2 Å². The third kappa shape index (κ3) is 3.91. The highest BCUT2D eigenvalue weighted by atomic mass is 32.2. The summed E-state index contributed by atoms with van der Waals surface area (Å²) in [5, 5.41) is 6.16. The number of hydrogen-bond acceptors (Lipinski definition) is 6. The Morgan fingerprint density at radius 1 is 1.25 bits per heavy atom. The average molecular weight is 427 g/mol. The van der Waals surface area contributed by atoms with Gasteiger partial charge in [0, 0.05) is 36.6 Å². The van der Waals surface area contributed by atoms with Crippen LogP contribution in [0.25, 0.3) is 0 Å². The summed E-state index contributed by atoms with van der Waals surface area (Å²) in [5.74, 6) is -0.500. The molecule has 4 rings (SSSR count). The van der Waals surface area contributed by atoms with E-state index in [1.807, 2.05) is 0 Å². The number of thiophene rings is 1. The van der Waals surface area contributed by atoms with Crippen molar-refractivity contribution >= 4 is 39.1 Å². The lowest BCUT2D eigenvalue weighted by Gasteiger charge is -2.33. The van der Waals surface area contributed by atoms with Crippen molar-refractivity contribution in [2.75, 3.05) is 31.9 Å². The molecular formula is C17H22N4O5S2. The van der Waals surface area contributed by atoms with E-state index in [0.717, 1.165) is 6.42 Å². The molecule has 1 aromatic rings. The number of hydrogen-bond donors (Lipinski definition) is 2. The fourth-order valence-corrected chi connectivity index (χ4v) is 6.13. The first-order valence-corrected chi connectivity index (χ1v) is 11.8. The van der Waals surface area contributed by atoms with Crippen LogP contribution in [0.3, 0.4) is 0 Å². The monoisotopic (exact) mass is 426 g/mol. The highest BCUT2D eigenvalue weighted by Crippen LogP contribution is 2.31. The Hall–Kier alpha value is -1.98. The molecule has 0 saturated carbocycles. The van der Waals surface area contributed by atoms with E-state index in [9.17, 15) is 22.8 Å². The Morgan fingerprint density at radius 3 is 2.75 bits per heavy atom. The normalized spacial score (nSPS) is 28.4. The minimum Gasteiger partial charge on any atom is -0.343 e. The van der Waals surface area contributed by atoms with Gasteiger partial charge < -0.3 is 15.1 Å². The van der Waals surface area contributed by atoms with Crippen molar-refractivity contribution in [2.45, 2.75) is 24.9 Å². The number of amides is 3. The number of carbonyl (C=O) groups excluding carboxylic acids is 3. The maximum atomic E-state index is 12.7. The van der Waals surface area contributed by atoms with Crippen LogP contribution in [0.15, 0.2) is 16.8 Å². The molecule has 0 aromatic carbocycles. The number of carbonyl (C=O) groups is 3. The minimum atomic E-state index is -3.35. The molecule has 2 N–H and O–H groups in total. The molecule has 3 aliphatic rings. The van der Waals surface area contributed by atoms with E-state index in [-0.39, 0.29) is 48.4 Å². The lowest BCUT2D eigenvalue weighted by molar-refractivity contribution is -0.136. The zero-order valence-electron chi connectivity index (χ0n) is 15.2. The topological polar surface area (TPSA) is 116 Å². The van der Waals surface area contributed by atoms with Crippen LogP contribution in [0, 0.1) is 5.92 Å². The summed E-state index contributed by atoms with van der Waals surface area (Å²) in [6.07, 6.45) is 1.10. The summed E-state index contributed by atoms with van der Waals surface area (Å²) < 4.78 is 25.6. The van der Waals surface area contributed by atoms with E-state index in [2.05, 4.69) is 10.0 Å². The quantitative estimate of drug-likeness (QED) is 0.656. The van der Waals surface area contributed by atoms with E-state index in [0.29, 0.717) is 25.2 Å². The summed E-state index contributed by atoms with van der Waals surface area (Å²) in [6.45, 7) is 1.41. The summed E-state index contributed by atoms with van der Waals surface area (Å²) in [7, 11) is -3.35. The molecule has 1 aromatic heterocycles. The molecule has 9 nitrogen and oxygen atoms in total. The van der Waals surface area contributed by atoms with E-state index in [1.54, 1.807) is 26.6 Å². The van der Waals surface area contributed by atoms with E-state index in [1.165, 1.54) is 11.3 Å². The molecule has 3 fully saturated rings. The van der Waals surface area contributed by atoms with Crippen LogP contribution >= 0.6 is 11.3 Å². The zero-order chi connectivity index (χ0) is 19.9. The third-order valence-electron chi connectivity index (χ3n) is 5.53. The van der Waals surface area contributed by atoms with Gasteiger partial charge in [-0.2, -0.15) is 11.3 Å². The highest BCUT2D eigenvalue weighted by molar-refractivity contribution is 7.89. The Labute approximate surface area is 167 Å². The van der Waals surface area contributed by atoms with Crippen molar-refractivity contribution in [3.63, 3.8) is 0 Å². The SMILES string of the molecule is O=C(NCC(=O)N1CC2CC(C1)N(C(=O)C1CCS(=O)(=O)N1)C2)c1ccsc1. The number of likely N-dealkylation sites (tertiary alicyclic amines) is 2. The van der Waals surface area contributed by atoms with Crippen molar-refractivity contribution in [3.05, 3.63) is 22.4 Å². The fourth-order valence-electron chi connectivity index (χ4n) is 4.18. The molecule has 4 heterocycles.